The van der Waals surface area contributed by atoms with Crippen molar-refractivity contribution in [2.24, 2.45) is 11.8 Å². The van der Waals surface area contributed by atoms with Gasteiger partial charge in [-0.25, -0.2) is 4.98 Å². The van der Waals surface area contributed by atoms with Crippen LogP contribution in [0.3, 0.4) is 0 Å². The Kier molecular flexibility index (Phi) is 3.46. The summed E-state index contributed by atoms with van der Waals surface area (Å²) in [6.07, 6.45) is 12.3. The van der Waals surface area contributed by atoms with E-state index in [-0.39, 0.29) is 0 Å². The highest BCUT2D eigenvalue weighted by Gasteiger charge is 2.21. The van der Waals surface area contributed by atoms with Gasteiger partial charge in [-0.1, -0.05) is 6.42 Å². The van der Waals surface area contributed by atoms with Crippen LogP contribution in [0.5, 0.6) is 0 Å². The summed E-state index contributed by atoms with van der Waals surface area (Å²) in [5, 5.41) is 3.45. The molecule has 0 amide bonds. The second-order valence-electron chi connectivity index (χ2n) is 5.67. The minimum Gasteiger partial charge on any atom is -0.335 e. The lowest BCUT2D eigenvalue weighted by Gasteiger charge is -2.27. The van der Waals surface area contributed by atoms with Crippen molar-refractivity contribution in [3.63, 3.8) is 0 Å². The molecule has 1 unspecified atom stereocenters. The van der Waals surface area contributed by atoms with E-state index in [0.717, 1.165) is 11.8 Å². The summed E-state index contributed by atoms with van der Waals surface area (Å²) in [5.41, 5.74) is 0. The molecule has 17 heavy (non-hydrogen) atoms. The molecule has 0 spiro atoms. The van der Waals surface area contributed by atoms with Crippen LogP contribution in [0.2, 0.25) is 0 Å². The van der Waals surface area contributed by atoms with Crippen LogP contribution in [-0.4, -0.2) is 22.6 Å². The summed E-state index contributed by atoms with van der Waals surface area (Å²) in [4.78, 5) is 4.45. The molecule has 3 heteroatoms. The minimum absolute atomic E-state index is 0.889. The Balaban J connectivity index is 1.47. The Bertz CT molecular complexity index is 352. The first kappa shape index (κ1) is 11.3. The molecule has 0 aliphatic carbocycles. The largest absolute Gasteiger partial charge is 0.335 e. The van der Waals surface area contributed by atoms with E-state index in [1.54, 1.807) is 0 Å². The van der Waals surface area contributed by atoms with E-state index < -0.39 is 0 Å². The predicted molar refractivity (Wildman–Crippen MR) is 68.9 cm³/mol. The monoisotopic (exact) mass is 233 g/mol. The number of hydrogen-bond donors (Lipinski definition) is 1. The molecule has 94 valence electrons. The fraction of sp³-hybridized carbons (Fsp3) is 0.786. The minimum atomic E-state index is 0.889. The molecular formula is C14H23N3. The van der Waals surface area contributed by atoms with Crippen molar-refractivity contribution in [2.45, 2.75) is 45.1 Å². The molecule has 3 heterocycles. The van der Waals surface area contributed by atoms with E-state index in [2.05, 4.69) is 21.1 Å². The van der Waals surface area contributed by atoms with Gasteiger partial charge in [-0.3, -0.25) is 0 Å². The van der Waals surface area contributed by atoms with Crippen LogP contribution in [0, 0.1) is 11.8 Å². The fourth-order valence-corrected chi connectivity index (χ4v) is 3.30. The van der Waals surface area contributed by atoms with E-state index >= 15 is 0 Å². The maximum atomic E-state index is 4.45. The van der Waals surface area contributed by atoms with E-state index in [1.807, 2.05) is 6.20 Å². The van der Waals surface area contributed by atoms with Crippen molar-refractivity contribution in [3.05, 3.63) is 18.2 Å². The normalized spacial score (nSPS) is 25.8. The molecule has 1 saturated heterocycles. The Morgan fingerprint density at radius 3 is 2.88 bits per heavy atom. The maximum absolute atomic E-state index is 4.45. The van der Waals surface area contributed by atoms with E-state index in [9.17, 15) is 0 Å². The molecular weight excluding hydrogens is 210 g/mol. The molecule has 0 radical (unpaired) electrons. The standard InChI is InChI=1S/C14H23N3/c1(12-3-6-15-7-4-12)2-13-5-9-17-10-8-16-14(17)11-13/h8,10,12-13,15H,1-7,9,11H2. The quantitative estimate of drug-likeness (QED) is 0.867. The first-order valence-corrected chi connectivity index (χ1v) is 7.12. The highest BCUT2D eigenvalue weighted by molar-refractivity contribution is 4.97. The lowest BCUT2D eigenvalue weighted by atomic mass is 9.86. The van der Waals surface area contributed by atoms with Gasteiger partial charge < -0.3 is 9.88 Å². The molecule has 1 aromatic heterocycles. The Labute approximate surface area is 104 Å². The summed E-state index contributed by atoms with van der Waals surface area (Å²) in [6, 6.07) is 0. The third kappa shape index (κ3) is 2.71. The van der Waals surface area contributed by atoms with Crippen LogP contribution in [-0.2, 0) is 13.0 Å². The number of nitrogens with one attached hydrogen (secondary N) is 1. The van der Waals surface area contributed by atoms with Crippen molar-refractivity contribution in [2.75, 3.05) is 13.1 Å². The van der Waals surface area contributed by atoms with Crippen molar-refractivity contribution in [1.29, 1.82) is 0 Å². The second-order valence-corrected chi connectivity index (χ2v) is 5.67. The average Bonchev–Trinajstić information content (AvgIpc) is 2.85. The number of imidazole rings is 1. The molecule has 0 bridgehead atoms. The summed E-state index contributed by atoms with van der Waals surface area (Å²) < 4.78 is 2.32. The molecule has 1 aromatic rings. The zero-order valence-electron chi connectivity index (χ0n) is 10.6. The van der Waals surface area contributed by atoms with E-state index in [1.165, 1.54) is 64.0 Å². The van der Waals surface area contributed by atoms with Gasteiger partial charge in [0.15, 0.2) is 0 Å². The summed E-state index contributed by atoms with van der Waals surface area (Å²) in [7, 11) is 0. The number of hydrogen-bond acceptors (Lipinski definition) is 2. The highest BCUT2D eigenvalue weighted by atomic mass is 15.1. The van der Waals surface area contributed by atoms with Gasteiger partial charge in [0.25, 0.3) is 0 Å². The van der Waals surface area contributed by atoms with Crippen LogP contribution >= 0.6 is 0 Å². The molecule has 2 aliphatic heterocycles. The number of rotatable bonds is 3. The van der Waals surface area contributed by atoms with Gasteiger partial charge in [0.2, 0.25) is 0 Å². The third-order valence-electron chi connectivity index (χ3n) is 4.49. The number of aromatic nitrogens is 2. The zero-order valence-corrected chi connectivity index (χ0v) is 10.6. The molecule has 2 aliphatic rings. The molecule has 1 atom stereocenters. The number of aryl methyl sites for hydroxylation is 1. The third-order valence-corrected chi connectivity index (χ3v) is 4.49. The molecule has 3 nitrogen and oxygen atoms in total. The SMILES string of the molecule is c1cn2c(n1)CC(CCC1CCNCC1)CC2. The zero-order chi connectivity index (χ0) is 11.5. The maximum Gasteiger partial charge on any atom is 0.108 e. The Hall–Kier alpha value is -0.830. The van der Waals surface area contributed by atoms with Crippen LogP contribution < -0.4 is 5.32 Å². The summed E-state index contributed by atoms with van der Waals surface area (Å²) in [6.45, 7) is 3.66. The first-order chi connectivity index (χ1) is 8.42. The fourth-order valence-electron chi connectivity index (χ4n) is 3.30. The smallest absolute Gasteiger partial charge is 0.108 e. The molecule has 0 aromatic carbocycles. The van der Waals surface area contributed by atoms with Gasteiger partial charge in [-0.15, -0.1) is 0 Å². The Morgan fingerprint density at radius 2 is 2.00 bits per heavy atom. The van der Waals surface area contributed by atoms with Crippen LogP contribution in [0.25, 0.3) is 0 Å². The topological polar surface area (TPSA) is 29.9 Å². The van der Waals surface area contributed by atoms with Gasteiger partial charge in [0, 0.05) is 25.4 Å². The van der Waals surface area contributed by atoms with Crippen molar-refractivity contribution in [1.82, 2.24) is 14.9 Å². The second kappa shape index (κ2) is 5.21. The van der Waals surface area contributed by atoms with Crippen LogP contribution in [0.1, 0.15) is 37.9 Å². The Morgan fingerprint density at radius 1 is 1.18 bits per heavy atom. The van der Waals surface area contributed by atoms with Crippen LogP contribution in [0.4, 0.5) is 0 Å². The summed E-state index contributed by atoms with van der Waals surface area (Å²) >= 11 is 0. The highest BCUT2D eigenvalue weighted by Crippen LogP contribution is 2.27. The average molecular weight is 233 g/mol. The van der Waals surface area contributed by atoms with Crippen LogP contribution in [0.15, 0.2) is 12.4 Å². The summed E-state index contributed by atoms with van der Waals surface area (Å²) in [5.74, 6) is 3.18. The van der Waals surface area contributed by atoms with Gasteiger partial charge in [0.1, 0.15) is 5.82 Å². The molecule has 3 rings (SSSR count). The molecule has 0 saturated carbocycles. The van der Waals surface area contributed by atoms with E-state index in [0.29, 0.717) is 0 Å². The van der Waals surface area contributed by atoms with Gasteiger partial charge in [-0.05, 0) is 50.6 Å². The van der Waals surface area contributed by atoms with Gasteiger partial charge in [-0.2, -0.15) is 0 Å². The lowest BCUT2D eigenvalue weighted by Crippen LogP contribution is -2.28. The predicted octanol–water partition coefficient (Wildman–Crippen LogP) is 2.23. The van der Waals surface area contributed by atoms with E-state index in [4.69, 9.17) is 0 Å². The van der Waals surface area contributed by atoms with Crippen molar-refractivity contribution >= 4 is 0 Å². The van der Waals surface area contributed by atoms with Crippen molar-refractivity contribution < 1.29 is 0 Å². The van der Waals surface area contributed by atoms with Crippen molar-refractivity contribution in [3.8, 4) is 0 Å². The molecule has 1 N–H and O–H groups in total. The van der Waals surface area contributed by atoms with Gasteiger partial charge in [0.05, 0.1) is 0 Å². The van der Waals surface area contributed by atoms with Gasteiger partial charge >= 0.3 is 0 Å². The number of nitrogens with zero attached hydrogens (tertiary/aromatic N) is 2. The molecule has 1 fully saturated rings. The lowest BCUT2D eigenvalue weighted by molar-refractivity contribution is 0.290. The first-order valence-electron chi connectivity index (χ1n) is 7.12. The number of fused-ring (bicyclic) bond motifs is 1. The number of piperidine rings is 1.